The number of amides is 1. The Kier molecular flexibility index (Phi) is 5.43. The highest BCUT2D eigenvalue weighted by Crippen LogP contribution is 2.17. The van der Waals surface area contributed by atoms with Gasteiger partial charge < -0.3 is 10.4 Å². The molecule has 0 aromatic carbocycles. The van der Waals surface area contributed by atoms with Crippen LogP contribution in [0.1, 0.15) is 19.0 Å². The number of thiazole rings is 1. The summed E-state index contributed by atoms with van der Waals surface area (Å²) in [6.45, 7) is 3.63. The van der Waals surface area contributed by atoms with Crippen molar-refractivity contribution in [1.29, 1.82) is 0 Å². The molecule has 94 valence electrons. The van der Waals surface area contributed by atoms with E-state index in [1.807, 2.05) is 12.3 Å². The van der Waals surface area contributed by atoms with Crippen molar-refractivity contribution in [2.45, 2.75) is 25.5 Å². The smallest absolute Gasteiger partial charge is 0.316 e. The molecule has 1 amide bonds. The zero-order valence-electron chi connectivity index (χ0n) is 9.60. The molecule has 1 unspecified atom stereocenters. The molecular formula is C10H14N2O3S2. The molecule has 0 aliphatic rings. The zero-order chi connectivity index (χ0) is 12.8. The SMILES string of the molecule is CCC(SCC(=O)Nc1nc(C)cs1)C(=O)O. The number of nitrogens with zero attached hydrogens (tertiary/aromatic N) is 1. The van der Waals surface area contributed by atoms with E-state index in [0.717, 1.165) is 17.5 Å². The maximum absolute atomic E-state index is 11.5. The summed E-state index contributed by atoms with van der Waals surface area (Å²) in [7, 11) is 0. The fourth-order valence-corrected chi connectivity index (χ4v) is 2.61. The number of carbonyl (C=O) groups excluding carboxylic acids is 1. The fourth-order valence-electron chi connectivity index (χ4n) is 1.11. The molecule has 0 bridgehead atoms. The lowest BCUT2D eigenvalue weighted by Gasteiger charge is -2.08. The van der Waals surface area contributed by atoms with Gasteiger partial charge in [-0.1, -0.05) is 6.92 Å². The van der Waals surface area contributed by atoms with Gasteiger partial charge in [-0.3, -0.25) is 9.59 Å². The minimum atomic E-state index is -0.879. The van der Waals surface area contributed by atoms with Crippen LogP contribution in [-0.2, 0) is 9.59 Å². The molecular weight excluding hydrogens is 260 g/mol. The van der Waals surface area contributed by atoms with Crippen LogP contribution in [0.3, 0.4) is 0 Å². The third-order valence-electron chi connectivity index (χ3n) is 1.93. The van der Waals surface area contributed by atoms with E-state index in [1.54, 1.807) is 6.92 Å². The summed E-state index contributed by atoms with van der Waals surface area (Å²) in [5.41, 5.74) is 0.856. The molecule has 0 fully saturated rings. The number of hydrogen-bond donors (Lipinski definition) is 2. The normalized spacial score (nSPS) is 12.1. The second-order valence-corrected chi connectivity index (χ2v) is 5.44. The van der Waals surface area contributed by atoms with Gasteiger partial charge in [0, 0.05) is 5.38 Å². The molecule has 1 aromatic heterocycles. The second kappa shape index (κ2) is 6.61. The predicted octanol–water partition coefficient (Wildman–Crippen LogP) is 1.99. The number of carboxylic acids is 1. The first-order valence-electron chi connectivity index (χ1n) is 5.09. The first-order valence-corrected chi connectivity index (χ1v) is 7.02. The minimum absolute atomic E-state index is 0.128. The molecule has 0 saturated heterocycles. The lowest BCUT2D eigenvalue weighted by molar-refractivity contribution is -0.136. The maximum Gasteiger partial charge on any atom is 0.316 e. The van der Waals surface area contributed by atoms with Gasteiger partial charge in [-0.15, -0.1) is 23.1 Å². The van der Waals surface area contributed by atoms with E-state index in [1.165, 1.54) is 11.3 Å². The Morgan fingerprint density at radius 1 is 1.65 bits per heavy atom. The number of hydrogen-bond acceptors (Lipinski definition) is 5. The first-order chi connectivity index (χ1) is 8.02. The lowest BCUT2D eigenvalue weighted by atomic mass is 10.3. The van der Waals surface area contributed by atoms with Crippen LogP contribution in [0.2, 0.25) is 0 Å². The number of carbonyl (C=O) groups is 2. The van der Waals surface area contributed by atoms with Crippen LogP contribution in [0.4, 0.5) is 5.13 Å². The average molecular weight is 274 g/mol. The van der Waals surface area contributed by atoms with Gasteiger partial charge in [-0.25, -0.2) is 4.98 Å². The molecule has 1 atom stereocenters. The molecule has 17 heavy (non-hydrogen) atoms. The summed E-state index contributed by atoms with van der Waals surface area (Å²) in [4.78, 5) is 26.3. The Balaban J connectivity index is 2.37. The summed E-state index contributed by atoms with van der Waals surface area (Å²) < 4.78 is 0. The Morgan fingerprint density at radius 2 is 2.35 bits per heavy atom. The highest BCUT2D eigenvalue weighted by molar-refractivity contribution is 8.01. The molecule has 1 rings (SSSR count). The van der Waals surface area contributed by atoms with E-state index in [0.29, 0.717) is 11.6 Å². The molecule has 7 heteroatoms. The van der Waals surface area contributed by atoms with Crippen molar-refractivity contribution in [2.75, 3.05) is 11.1 Å². The van der Waals surface area contributed by atoms with Gasteiger partial charge in [0.2, 0.25) is 5.91 Å². The minimum Gasteiger partial charge on any atom is -0.480 e. The lowest BCUT2D eigenvalue weighted by Crippen LogP contribution is -2.20. The monoisotopic (exact) mass is 274 g/mol. The van der Waals surface area contributed by atoms with Crippen LogP contribution in [-0.4, -0.2) is 33.0 Å². The quantitative estimate of drug-likeness (QED) is 0.829. The highest BCUT2D eigenvalue weighted by atomic mass is 32.2. The van der Waals surface area contributed by atoms with Crippen molar-refractivity contribution in [1.82, 2.24) is 4.98 Å². The van der Waals surface area contributed by atoms with Gasteiger partial charge in [0.05, 0.1) is 11.4 Å². The number of anilines is 1. The van der Waals surface area contributed by atoms with Crippen molar-refractivity contribution >= 4 is 40.1 Å². The summed E-state index contributed by atoms with van der Waals surface area (Å²) in [6.07, 6.45) is 0.504. The average Bonchev–Trinajstić information content (AvgIpc) is 2.64. The van der Waals surface area contributed by atoms with E-state index < -0.39 is 11.2 Å². The molecule has 0 aliphatic heterocycles. The molecule has 0 spiro atoms. The summed E-state index contributed by atoms with van der Waals surface area (Å²) >= 11 is 2.48. The van der Waals surface area contributed by atoms with Gasteiger partial charge in [0.1, 0.15) is 5.25 Å². The fraction of sp³-hybridized carbons (Fsp3) is 0.500. The Bertz CT molecular complexity index is 406. The number of thioether (sulfide) groups is 1. The van der Waals surface area contributed by atoms with Crippen molar-refractivity contribution in [2.24, 2.45) is 0 Å². The van der Waals surface area contributed by atoms with E-state index in [-0.39, 0.29) is 11.7 Å². The van der Waals surface area contributed by atoms with Gasteiger partial charge in [0.15, 0.2) is 5.13 Å². The molecule has 0 aliphatic carbocycles. The van der Waals surface area contributed by atoms with Crippen LogP contribution >= 0.6 is 23.1 Å². The Labute approximate surface area is 108 Å². The van der Waals surface area contributed by atoms with Crippen molar-refractivity contribution < 1.29 is 14.7 Å². The number of aliphatic carboxylic acids is 1. The Hall–Kier alpha value is -1.08. The first kappa shape index (κ1) is 14.0. The molecule has 0 saturated carbocycles. The van der Waals surface area contributed by atoms with Crippen LogP contribution in [0.5, 0.6) is 0 Å². The van der Waals surface area contributed by atoms with Gasteiger partial charge in [0.25, 0.3) is 0 Å². The number of aryl methyl sites for hydroxylation is 1. The molecule has 1 aromatic rings. The predicted molar refractivity (Wildman–Crippen MR) is 69.7 cm³/mol. The number of aromatic nitrogens is 1. The third-order valence-corrected chi connectivity index (χ3v) is 4.17. The van der Waals surface area contributed by atoms with E-state index in [2.05, 4.69) is 10.3 Å². The molecule has 0 radical (unpaired) electrons. The van der Waals surface area contributed by atoms with Gasteiger partial charge in [-0.05, 0) is 13.3 Å². The van der Waals surface area contributed by atoms with E-state index in [9.17, 15) is 9.59 Å². The third kappa shape index (κ3) is 4.74. The van der Waals surface area contributed by atoms with E-state index in [4.69, 9.17) is 5.11 Å². The zero-order valence-corrected chi connectivity index (χ0v) is 11.2. The van der Waals surface area contributed by atoms with Crippen molar-refractivity contribution in [3.05, 3.63) is 11.1 Å². The van der Waals surface area contributed by atoms with E-state index >= 15 is 0 Å². The van der Waals surface area contributed by atoms with Gasteiger partial charge >= 0.3 is 5.97 Å². The van der Waals surface area contributed by atoms with Crippen LogP contribution in [0.15, 0.2) is 5.38 Å². The summed E-state index contributed by atoms with van der Waals surface area (Å²) in [6, 6.07) is 0. The molecule has 2 N–H and O–H groups in total. The number of carboxylic acid groups (broad SMARTS) is 1. The Morgan fingerprint density at radius 3 is 2.82 bits per heavy atom. The van der Waals surface area contributed by atoms with Crippen molar-refractivity contribution in [3.8, 4) is 0 Å². The van der Waals surface area contributed by atoms with Crippen molar-refractivity contribution in [3.63, 3.8) is 0 Å². The second-order valence-electron chi connectivity index (χ2n) is 3.39. The summed E-state index contributed by atoms with van der Waals surface area (Å²) in [5, 5.41) is 13.3. The molecule has 1 heterocycles. The highest BCUT2D eigenvalue weighted by Gasteiger charge is 2.17. The van der Waals surface area contributed by atoms with Crippen LogP contribution in [0.25, 0.3) is 0 Å². The van der Waals surface area contributed by atoms with Crippen LogP contribution in [0, 0.1) is 6.92 Å². The maximum atomic E-state index is 11.5. The molecule has 5 nitrogen and oxygen atoms in total. The standard InChI is InChI=1S/C10H14N2O3S2/c1-3-7(9(14)15)16-5-8(13)12-10-11-6(2)4-17-10/h4,7H,3,5H2,1-2H3,(H,14,15)(H,11,12,13). The number of rotatable bonds is 6. The van der Waals surface area contributed by atoms with Crippen LogP contribution < -0.4 is 5.32 Å². The van der Waals surface area contributed by atoms with Gasteiger partial charge in [-0.2, -0.15) is 0 Å². The summed E-state index contributed by atoms with van der Waals surface area (Å²) in [5.74, 6) is -0.969. The topological polar surface area (TPSA) is 79.3 Å². The number of nitrogens with one attached hydrogen (secondary N) is 1. The largest absolute Gasteiger partial charge is 0.480 e.